The maximum Gasteiger partial charge on any atom is 0.201 e. The molecule has 0 saturated heterocycles. The molecule has 1 aliphatic rings. The van der Waals surface area contributed by atoms with Crippen LogP contribution in [0.4, 0.5) is 13.2 Å². The Morgan fingerprint density at radius 3 is 2.03 bits per heavy atom. The largest absolute Gasteiger partial charge is 0.494 e. The second-order valence-corrected chi connectivity index (χ2v) is 9.47. The molecule has 180 valence electrons. The molecule has 0 unspecified atom stereocenters. The summed E-state index contributed by atoms with van der Waals surface area (Å²) in [6, 6.07) is 15.3. The van der Waals surface area contributed by atoms with E-state index < -0.39 is 11.6 Å². The predicted molar refractivity (Wildman–Crippen MR) is 133 cm³/mol. The molecule has 0 aliphatic heterocycles. The zero-order valence-electron chi connectivity index (χ0n) is 20.0. The summed E-state index contributed by atoms with van der Waals surface area (Å²) in [5.41, 5.74) is 2.98. The van der Waals surface area contributed by atoms with Gasteiger partial charge in [-0.2, -0.15) is 4.39 Å². The van der Waals surface area contributed by atoms with Crippen molar-refractivity contribution in [3.63, 3.8) is 0 Å². The molecule has 1 saturated carbocycles. The molecular weight excluding hydrogens is 433 g/mol. The highest BCUT2D eigenvalue weighted by atomic mass is 19.2. The van der Waals surface area contributed by atoms with Gasteiger partial charge in [0, 0.05) is 11.1 Å². The van der Waals surface area contributed by atoms with Crippen LogP contribution in [0.5, 0.6) is 5.75 Å². The highest BCUT2D eigenvalue weighted by Gasteiger charge is 2.23. The van der Waals surface area contributed by atoms with Crippen LogP contribution in [0.2, 0.25) is 0 Å². The Balaban J connectivity index is 1.45. The van der Waals surface area contributed by atoms with E-state index in [1.54, 1.807) is 30.3 Å². The number of ether oxygens (including phenoxy) is 1. The fourth-order valence-corrected chi connectivity index (χ4v) is 5.23. The smallest absolute Gasteiger partial charge is 0.201 e. The molecule has 1 fully saturated rings. The third kappa shape index (κ3) is 5.32. The molecule has 4 rings (SSSR count). The van der Waals surface area contributed by atoms with Crippen molar-refractivity contribution in [3.8, 4) is 28.0 Å². The molecular formula is C30H33F3O. The van der Waals surface area contributed by atoms with Gasteiger partial charge in [0.2, 0.25) is 5.82 Å². The average molecular weight is 467 g/mol. The Labute approximate surface area is 201 Å². The van der Waals surface area contributed by atoms with Crippen LogP contribution in [-0.2, 0) is 0 Å². The topological polar surface area (TPSA) is 9.23 Å². The highest BCUT2D eigenvalue weighted by molar-refractivity contribution is 5.71. The maximum absolute atomic E-state index is 15.1. The first-order valence-corrected chi connectivity index (χ1v) is 12.4. The molecule has 0 atom stereocenters. The first-order valence-electron chi connectivity index (χ1n) is 12.4. The molecule has 3 aromatic carbocycles. The summed E-state index contributed by atoms with van der Waals surface area (Å²) >= 11 is 0. The Morgan fingerprint density at radius 2 is 1.41 bits per heavy atom. The standard InChI is InChI=1S/C30H33F3O/c1-3-4-5-6-20-7-9-21(10-8-20)24-15-16-25(27(31)19-24)22-11-13-23(14-12-22)26-17-18-28(34-2)30(33)29(26)32/h11-21H,3-10H2,1-2H3. The van der Waals surface area contributed by atoms with E-state index in [9.17, 15) is 8.78 Å². The van der Waals surface area contributed by atoms with Crippen LogP contribution in [0.3, 0.4) is 0 Å². The fraction of sp³-hybridized carbons (Fsp3) is 0.400. The minimum atomic E-state index is -1.01. The van der Waals surface area contributed by atoms with E-state index in [0.717, 1.165) is 24.3 Å². The van der Waals surface area contributed by atoms with Crippen molar-refractivity contribution in [2.24, 2.45) is 5.92 Å². The first kappa shape index (κ1) is 24.4. The van der Waals surface area contributed by atoms with Crippen molar-refractivity contribution in [3.05, 3.63) is 77.6 Å². The van der Waals surface area contributed by atoms with Crippen LogP contribution in [-0.4, -0.2) is 7.11 Å². The van der Waals surface area contributed by atoms with E-state index >= 15 is 4.39 Å². The van der Waals surface area contributed by atoms with Crippen molar-refractivity contribution in [2.45, 2.75) is 64.2 Å². The zero-order chi connectivity index (χ0) is 24.1. The Morgan fingerprint density at radius 1 is 0.765 bits per heavy atom. The number of hydrogen-bond donors (Lipinski definition) is 0. The van der Waals surface area contributed by atoms with Gasteiger partial charge >= 0.3 is 0 Å². The van der Waals surface area contributed by atoms with Crippen LogP contribution in [0.25, 0.3) is 22.3 Å². The van der Waals surface area contributed by atoms with Crippen molar-refractivity contribution < 1.29 is 17.9 Å². The molecule has 0 N–H and O–H groups in total. The molecule has 34 heavy (non-hydrogen) atoms. The molecule has 1 nitrogen and oxygen atoms in total. The summed E-state index contributed by atoms with van der Waals surface area (Å²) < 4.78 is 48.4. The quantitative estimate of drug-likeness (QED) is 0.301. The van der Waals surface area contributed by atoms with Gasteiger partial charge in [-0.1, -0.05) is 69.0 Å². The van der Waals surface area contributed by atoms with E-state index in [1.165, 1.54) is 57.8 Å². The summed E-state index contributed by atoms with van der Waals surface area (Å²) in [7, 11) is 1.30. The molecule has 3 aromatic rings. The summed E-state index contributed by atoms with van der Waals surface area (Å²) in [6.07, 6.45) is 9.98. The van der Waals surface area contributed by atoms with Crippen LogP contribution in [0.1, 0.15) is 69.8 Å². The second-order valence-electron chi connectivity index (χ2n) is 9.47. The van der Waals surface area contributed by atoms with Crippen molar-refractivity contribution >= 4 is 0 Å². The number of hydrogen-bond acceptors (Lipinski definition) is 1. The summed E-state index contributed by atoms with van der Waals surface area (Å²) in [5.74, 6) is -1.08. The molecule has 0 spiro atoms. The lowest BCUT2D eigenvalue weighted by atomic mass is 9.77. The highest BCUT2D eigenvalue weighted by Crippen LogP contribution is 2.39. The van der Waals surface area contributed by atoms with Gasteiger partial charge in [-0.15, -0.1) is 0 Å². The van der Waals surface area contributed by atoms with Gasteiger partial charge in [-0.3, -0.25) is 0 Å². The second kappa shape index (κ2) is 11.1. The van der Waals surface area contributed by atoms with Gasteiger partial charge < -0.3 is 4.74 Å². The van der Waals surface area contributed by atoms with Gasteiger partial charge in [-0.05, 0) is 72.4 Å². The molecule has 0 amide bonds. The Hall–Kier alpha value is -2.75. The molecule has 0 aromatic heterocycles. The zero-order valence-corrected chi connectivity index (χ0v) is 20.0. The summed E-state index contributed by atoms with van der Waals surface area (Å²) in [4.78, 5) is 0. The van der Waals surface area contributed by atoms with E-state index in [0.29, 0.717) is 22.6 Å². The molecule has 1 aliphatic carbocycles. The van der Waals surface area contributed by atoms with Crippen molar-refractivity contribution in [2.75, 3.05) is 7.11 Å². The molecule has 4 heteroatoms. The van der Waals surface area contributed by atoms with Crippen LogP contribution in [0.15, 0.2) is 54.6 Å². The lowest BCUT2D eigenvalue weighted by Crippen LogP contribution is -2.13. The first-order chi connectivity index (χ1) is 16.5. The minimum Gasteiger partial charge on any atom is -0.494 e. The van der Waals surface area contributed by atoms with Crippen LogP contribution < -0.4 is 4.74 Å². The Bertz CT molecular complexity index is 1100. The third-order valence-electron chi connectivity index (χ3n) is 7.30. The van der Waals surface area contributed by atoms with Crippen LogP contribution in [0, 0.1) is 23.4 Å². The fourth-order valence-electron chi connectivity index (χ4n) is 5.23. The summed E-state index contributed by atoms with van der Waals surface area (Å²) in [5, 5.41) is 0. The lowest BCUT2D eigenvalue weighted by Gasteiger charge is -2.29. The number of unbranched alkanes of at least 4 members (excludes halogenated alkanes) is 2. The number of benzene rings is 3. The molecule has 0 heterocycles. The maximum atomic E-state index is 15.1. The molecule has 0 bridgehead atoms. The SMILES string of the molecule is CCCCCC1CCC(c2ccc(-c3ccc(-c4ccc(OC)c(F)c4F)cc3)c(F)c2)CC1. The normalized spacial score (nSPS) is 18.1. The third-order valence-corrected chi connectivity index (χ3v) is 7.30. The van der Waals surface area contributed by atoms with Gasteiger partial charge in [0.25, 0.3) is 0 Å². The van der Waals surface area contributed by atoms with Gasteiger partial charge in [0.1, 0.15) is 5.82 Å². The van der Waals surface area contributed by atoms with E-state index in [-0.39, 0.29) is 17.1 Å². The van der Waals surface area contributed by atoms with Gasteiger partial charge in [0.15, 0.2) is 11.6 Å². The average Bonchev–Trinajstić information content (AvgIpc) is 2.86. The summed E-state index contributed by atoms with van der Waals surface area (Å²) in [6.45, 7) is 2.24. The number of halogens is 3. The van der Waals surface area contributed by atoms with E-state index in [4.69, 9.17) is 4.74 Å². The minimum absolute atomic E-state index is 0.134. The van der Waals surface area contributed by atoms with E-state index in [2.05, 4.69) is 6.92 Å². The molecule has 0 radical (unpaired) electrons. The predicted octanol–water partition coefficient (Wildman–Crippen LogP) is 9.30. The van der Waals surface area contributed by atoms with Gasteiger partial charge in [-0.25, -0.2) is 8.78 Å². The number of methoxy groups -OCH3 is 1. The Kier molecular flexibility index (Phi) is 7.97. The van der Waals surface area contributed by atoms with Crippen molar-refractivity contribution in [1.29, 1.82) is 0 Å². The lowest BCUT2D eigenvalue weighted by molar-refractivity contribution is 0.302. The number of rotatable bonds is 8. The van der Waals surface area contributed by atoms with Crippen LogP contribution >= 0.6 is 0 Å². The van der Waals surface area contributed by atoms with E-state index in [1.807, 2.05) is 12.1 Å². The van der Waals surface area contributed by atoms with Gasteiger partial charge in [0.05, 0.1) is 7.11 Å². The monoisotopic (exact) mass is 466 g/mol. The van der Waals surface area contributed by atoms with Crippen molar-refractivity contribution in [1.82, 2.24) is 0 Å².